The van der Waals surface area contributed by atoms with E-state index in [2.05, 4.69) is 28.1 Å². The SMILES string of the molecule is CCNC(=S)N1CCN(Cc2cccc(O)c2)CC1. The fraction of sp³-hybridized carbons (Fsp3) is 0.500. The minimum absolute atomic E-state index is 0.337. The Balaban J connectivity index is 1.82. The van der Waals surface area contributed by atoms with Crippen molar-refractivity contribution in [3.63, 3.8) is 0 Å². The van der Waals surface area contributed by atoms with Gasteiger partial charge in [-0.1, -0.05) is 12.1 Å². The van der Waals surface area contributed by atoms with E-state index in [1.807, 2.05) is 12.1 Å². The molecule has 5 heteroatoms. The second-order valence-electron chi connectivity index (χ2n) is 4.77. The summed E-state index contributed by atoms with van der Waals surface area (Å²) in [5.74, 6) is 0.337. The van der Waals surface area contributed by atoms with Gasteiger partial charge in [-0.05, 0) is 36.8 Å². The Morgan fingerprint density at radius 1 is 1.32 bits per heavy atom. The summed E-state index contributed by atoms with van der Waals surface area (Å²) in [6, 6.07) is 7.47. The van der Waals surface area contributed by atoms with E-state index in [0.717, 1.165) is 49.9 Å². The molecule has 0 atom stereocenters. The van der Waals surface area contributed by atoms with Crippen molar-refractivity contribution in [2.75, 3.05) is 32.7 Å². The highest BCUT2D eigenvalue weighted by atomic mass is 32.1. The van der Waals surface area contributed by atoms with Gasteiger partial charge in [-0.2, -0.15) is 0 Å². The maximum atomic E-state index is 9.46. The molecule has 104 valence electrons. The average Bonchev–Trinajstić information content (AvgIpc) is 2.40. The second kappa shape index (κ2) is 6.73. The summed E-state index contributed by atoms with van der Waals surface area (Å²) >= 11 is 5.32. The van der Waals surface area contributed by atoms with Crippen molar-refractivity contribution < 1.29 is 5.11 Å². The second-order valence-corrected chi connectivity index (χ2v) is 5.16. The lowest BCUT2D eigenvalue weighted by Gasteiger charge is -2.36. The number of nitrogens with zero attached hydrogens (tertiary/aromatic N) is 2. The van der Waals surface area contributed by atoms with E-state index in [1.54, 1.807) is 6.07 Å². The lowest BCUT2D eigenvalue weighted by atomic mass is 10.2. The molecule has 1 aromatic carbocycles. The smallest absolute Gasteiger partial charge is 0.169 e. The molecule has 0 bridgehead atoms. The molecule has 2 N–H and O–H groups in total. The summed E-state index contributed by atoms with van der Waals surface area (Å²) in [7, 11) is 0. The van der Waals surface area contributed by atoms with Crippen LogP contribution in [0, 0.1) is 0 Å². The van der Waals surface area contributed by atoms with Crippen molar-refractivity contribution in [1.29, 1.82) is 0 Å². The number of phenolic OH excluding ortho intramolecular Hbond substituents is 1. The highest BCUT2D eigenvalue weighted by Gasteiger charge is 2.18. The van der Waals surface area contributed by atoms with Crippen LogP contribution < -0.4 is 5.32 Å². The van der Waals surface area contributed by atoms with Gasteiger partial charge in [0.2, 0.25) is 0 Å². The van der Waals surface area contributed by atoms with Crippen molar-refractivity contribution in [2.45, 2.75) is 13.5 Å². The van der Waals surface area contributed by atoms with Gasteiger partial charge in [-0.3, -0.25) is 4.90 Å². The zero-order valence-electron chi connectivity index (χ0n) is 11.3. The van der Waals surface area contributed by atoms with Gasteiger partial charge in [0.05, 0.1) is 0 Å². The maximum absolute atomic E-state index is 9.46. The van der Waals surface area contributed by atoms with E-state index < -0.39 is 0 Å². The third kappa shape index (κ3) is 4.08. The van der Waals surface area contributed by atoms with Gasteiger partial charge in [0.15, 0.2) is 5.11 Å². The number of rotatable bonds is 3. The quantitative estimate of drug-likeness (QED) is 0.819. The summed E-state index contributed by atoms with van der Waals surface area (Å²) in [6.45, 7) is 7.75. The lowest BCUT2D eigenvalue weighted by Crippen LogP contribution is -2.51. The fourth-order valence-corrected chi connectivity index (χ4v) is 2.61. The molecule has 19 heavy (non-hydrogen) atoms. The van der Waals surface area contributed by atoms with Crippen LogP contribution >= 0.6 is 12.2 Å². The molecule has 0 amide bonds. The first-order valence-corrected chi connectivity index (χ1v) is 7.13. The van der Waals surface area contributed by atoms with Crippen LogP contribution in [0.5, 0.6) is 5.75 Å². The first-order valence-electron chi connectivity index (χ1n) is 6.72. The zero-order chi connectivity index (χ0) is 13.7. The highest BCUT2D eigenvalue weighted by Crippen LogP contribution is 2.14. The van der Waals surface area contributed by atoms with Gasteiger partial charge in [-0.15, -0.1) is 0 Å². The Labute approximate surface area is 120 Å². The largest absolute Gasteiger partial charge is 0.508 e. The van der Waals surface area contributed by atoms with Crippen LogP contribution in [-0.2, 0) is 6.54 Å². The molecule has 1 aliphatic heterocycles. The minimum atomic E-state index is 0.337. The van der Waals surface area contributed by atoms with Gasteiger partial charge in [0.1, 0.15) is 5.75 Å². The average molecular weight is 279 g/mol. The van der Waals surface area contributed by atoms with E-state index >= 15 is 0 Å². The monoisotopic (exact) mass is 279 g/mol. The Hall–Kier alpha value is -1.33. The van der Waals surface area contributed by atoms with Gasteiger partial charge in [0, 0.05) is 39.3 Å². The molecule has 4 nitrogen and oxygen atoms in total. The van der Waals surface area contributed by atoms with Crippen molar-refractivity contribution >= 4 is 17.3 Å². The molecule has 2 rings (SSSR count). The number of nitrogens with one attached hydrogen (secondary N) is 1. The van der Waals surface area contributed by atoms with Crippen LogP contribution in [0.1, 0.15) is 12.5 Å². The topological polar surface area (TPSA) is 38.7 Å². The van der Waals surface area contributed by atoms with E-state index in [0.29, 0.717) is 5.75 Å². The molecule has 1 aromatic rings. The number of thiocarbonyl (C=S) groups is 1. The summed E-state index contributed by atoms with van der Waals surface area (Å²) in [5.41, 5.74) is 1.16. The predicted molar refractivity (Wildman–Crippen MR) is 81.2 cm³/mol. The number of aromatic hydroxyl groups is 1. The van der Waals surface area contributed by atoms with Crippen LogP contribution in [0.4, 0.5) is 0 Å². The molecule has 0 radical (unpaired) electrons. The first kappa shape index (κ1) is 14.1. The van der Waals surface area contributed by atoms with Crippen LogP contribution in [0.25, 0.3) is 0 Å². The molecule has 0 saturated carbocycles. The van der Waals surface area contributed by atoms with Crippen molar-refractivity contribution in [3.05, 3.63) is 29.8 Å². The summed E-state index contributed by atoms with van der Waals surface area (Å²) in [6.07, 6.45) is 0. The summed E-state index contributed by atoms with van der Waals surface area (Å²) in [5, 5.41) is 13.5. The Kier molecular flexibility index (Phi) is 4.99. The first-order chi connectivity index (χ1) is 9.19. The molecule has 1 saturated heterocycles. The van der Waals surface area contributed by atoms with E-state index in [9.17, 15) is 5.11 Å². The van der Waals surface area contributed by atoms with Gasteiger partial charge in [0.25, 0.3) is 0 Å². The Morgan fingerprint density at radius 3 is 2.68 bits per heavy atom. The third-order valence-electron chi connectivity index (χ3n) is 3.30. The van der Waals surface area contributed by atoms with Crippen molar-refractivity contribution in [3.8, 4) is 5.75 Å². The standard InChI is InChI=1S/C14H21N3OS/c1-2-15-14(19)17-8-6-16(7-9-17)11-12-4-3-5-13(18)10-12/h3-5,10,18H,2,6-9,11H2,1H3,(H,15,19). The predicted octanol–water partition coefficient (Wildman–Crippen LogP) is 1.40. The zero-order valence-corrected chi connectivity index (χ0v) is 12.1. The van der Waals surface area contributed by atoms with E-state index in [4.69, 9.17) is 12.2 Å². The van der Waals surface area contributed by atoms with Gasteiger partial charge < -0.3 is 15.3 Å². The third-order valence-corrected chi connectivity index (χ3v) is 3.71. The molecule has 0 aliphatic carbocycles. The maximum Gasteiger partial charge on any atom is 0.169 e. The minimum Gasteiger partial charge on any atom is -0.508 e. The number of benzene rings is 1. The normalized spacial score (nSPS) is 16.4. The summed E-state index contributed by atoms with van der Waals surface area (Å²) < 4.78 is 0. The number of piperazine rings is 1. The van der Waals surface area contributed by atoms with Gasteiger partial charge >= 0.3 is 0 Å². The van der Waals surface area contributed by atoms with Crippen LogP contribution in [-0.4, -0.2) is 52.7 Å². The molecule has 1 fully saturated rings. The van der Waals surface area contributed by atoms with Crippen molar-refractivity contribution in [2.24, 2.45) is 0 Å². The lowest BCUT2D eigenvalue weighted by molar-refractivity contribution is 0.174. The van der Waals surface area contributed by atoms with E-state index in [-0.39, 0.29) is 0 Å². The van der Waals surface area contributed by atoms with Crippen LogP contribution in [0.15, 0.2) is 24.3 Å². The molecular weight excluding hydrogens is 258 g/mol. The molecule has 1 heterocycles. The van der Waals surface area contributed by atoms with Gasteiger partial charge in [-0.25, -0.2) is 0 Å². The molecule has 0 spiro atoms. The number of phenols is 1. The molecule has 1 aliphatic rings. The molecular formula is C14H21N3OS. The van der Waals surface area contributed by atoms with E-state index in [1.165, 1.54) is 0 Å². The fourth-order valence-electron chi connectivity index (χ4n) is 2.29. The summed E-state index contributed by atoms with van der Waals surface area (Å²) in [4.78, 5) is 4.61. The van der Waals surface area contributed by atoms with Crippen LogP contribution in [0.2, 0.25) is 0 Å². The van der Waals surface area contributed by atoms with Crippen LogP contribution in [0.3, 0.4) is 0 Å². The highest BCUT2D eigenvalue weighted by molar-refractivity contribution is 7.80. The molecule has 0 aromatic heterocycles. The Bertz CT molecular complexity index is 430. The molecule has 0 unspecified atom stereocenters. The Morgan fingerprint density at radius 2 is 2.05 bits per heavy atom. The number of hydrogen-bond acceptors (Lipinski definition) is 3. The van der Waals surface area contributed by atoms with Crippen molar-refractivity contribution in [1.82, 2.24) is 15.1 Å². The number of hydrogen-bond donors (Lipinski definition) is 2.